The molecule has 0 saturated carbocycles. The third-order valence-corrected chi connectivity index (χ3v) is 4.49. The first-order valence-corrected chi connectivity index (χ1v) is 10.2. The van der Waals surface area contributed by atoms with Crippen molar-refractivity contribution < 1.29 is 59.3 Å². The summed E-state index contributed by atoms with van der Waals surface area (Å²) in [6.07, 6.45) is 13.3. The van der Waals surface area contributed by atoms with Crippen LogP contribution >= 0.6 is 7.82 Å². The predicted molar refractivity (Wildman–Crippen MR) is 86.3 cm³/mol. The van der Waals surface area contributed by atoms with Crippen LogP contribution in [0.5, 0.6) is 0 Å². The Morgan fingerprint density at radius 2 is 1.00 bits per heavy atom. The van der Waals surface area contributed by atoms with E-state index in [1.807, 2.05) is 0 Å². The normalized spacial score (nSPS) is 11.4. The molecule has 0 unspecified atom stereocenters. The molecule has 0 aliphatic rings. The summed E-state index contributed by atoms with van der Waals surface area (Å²) in [7, 11) is -4.07. The predicted octanol–water partition coefficient (Wildman–Crippen LogP) is 5.21. The fraction of sp³-hybridized carbons (Fsp3) is 1.00. The summed E-state index contributed by atoms with van der Waals surface area (Å²) >= 11 is 0. The molecule has 0 amide bonds. The summed E-state index contributed by atoms with van der Waals surface area (Å²) < 4.78 is 21.2. The maximum atomic E-state index is 11.5. The molecule has 0 heterocycles. The third kappa shape index (κ3) is 19.5. The van der Waals surface area contributed by atoms with E-state index in [1.165, 1.54) is 38.5 Å². The zero-order valence-corrected chi connectivity index (χ0v) is 18.6. The summed E-state index contributed by atoms with van der Waals surface area (Å²) in [5, 5.41) is 0. The molecule has 0 fully saturated rings. The van der Waals surface area contributed by atoms with E-state index in [-0.39, 0.29) is 54.1 Å². The molecule has 4 nitrogen and oxygen atoms in total. The first-order chi connectivity index (χ1) is 10.1. The molecule has 0 N–H and O–H groups in total. The molecular weight excluding hydrogens is 431 g/mol. The van der Waals surface area contributed by atoms with E-state index in [0.717, 1.165) is 38.5 Å². The number of hydrogen-bond acceptors (Lipinski definition) is 4. The van der Waals surface area contributed by atoms with E-state index >= 15 is 0 Å². The van der Waals surface area contributed by atoms with Gasteiger partial charge in [-0.15, -0.1) is 0 Å². The molecule has 0 atom stereocenters. The maximum Gasteiger partial charge on any atom is 0.267 e. The fourth-order valence-corrected chi connectivity index (χ4v) is 2.93. The van der Waals surface area contributed by atoms with Crippen LogP contribution in [0.3, 0.4) is 0 Å². The molecule has 132 valence electrons. The SMILES string of the molecule is CCCCCCCCOP(=O)([O-])OCCCCCCCC.[Nd]. The van der Waals surface area contributed by atoms with E-state index in [9.17, 15) is 9.46 Å². The molecule has 0 bridgehead atoms. The standard InChI is InChI=1S/C16H35O4P.Nd/c1-3-5-7-9-11-13-15-19-21(17,18)20-16-14-12-10-8-6-4-2;/h3-16H2,1-2H3,(H,17,18);/p-1. The Morgan fingerprint density at radius 1 is 0.682 bits per heavy atom. The molecule has 0 spiro atoms. The largest absolute Gasteiger partial charge is 0.756 e. The summed E-state index contributed by atoms with van der Waals surface area (Å²) in [6.45, 7) is 4.86. The summed E-state index contributed by atoms with van der Waals surface area (Å²) in [4.78, 5) is 11.5. The minimum absolute atomic E-state index is 0. The molecule has 0 aromatic rings. The van der Waals surface area contributed by atoms with Gasteiger partial charge in [-0.3, -0.25) is 4.57 Å². The second-order valence-electron chi connectivity index (χ2n) is 5.65. The van der Waals surface area contributed by atoms with Crippen molar-refractivity contribution in [1.29, 1.82) is 0 Å². The van der Waals surface area contributed by atoms with Gasteiger partial charge >= 0.3 is 0 Å². The van der Waals surface area contributed by atoms with Crippen LogP contribution in [0.15, 0.2) is 0 Å². The molecule has 6 heteroatoms. The fourth-order valence-electron chi connectivity index (χ4n) is 2.15. The van der Waals surface area contributed by atoms with Crippen molar-refractivity contribution in [3.63, 3.8) is 0 Å². The molecule has 0 radical (unpaired) electrons. The van der Waals surface area contributed by atoms with Crippen LogP contribution in [0.25, 0.3) is 0 Å². The van der Waals surface area contributed by atoms with E-state index < -0.39 is 7.82 Å². The van der Waals surface area contributed by atoms with Crippen LogP contribution in [-0.2, 0) is 13.6 Å². The van der Waals surface area contributed by atoms with Crippen LogP contribution in [0.2, 0.25) is 0 Å². The molecule has 22 heavy (non-hydrogen) atoms. The van der Waals surface area contributed by atoms with Gasteiger partial charge in [0.1, 0.15) is 0 Å². The minimum Gasteiger partial charge on any atom is -0.756 e. The van der Waals surface area contributed by atoms with Crippen molar-refractivity contribution in [2.75, 3.05) is 13.2 Å². The van der Waals surface area contributed by atoms with Gasteiger partial charge in [-0.1, -0.05) is 78.1 Å². The number of phosphoric ester groups is 1. The molecule has 0 aromatic heterocycles. The quantitative estimate of drug-likeness (QED) is 0.232. The average molecular weight is 466 g/mol. The Morgan fingerprint density at radius 3 is 1.36 bits per heavy atom. The van der Waals surface area contributed by atoms with Crippen LogP contribution in [0.1, 0.15) is 90.9 Å². The third-order valence-electron chi connectivity index (χ3n) is 3.49. The molecule has 0 rings (SSSR count). The zero-order valence-electron chi connectivity index (χ0n) is 14.5. The van der Waals surface area contributed by atoms with E-state index in [0.29, 0.717) is 0 Å². The van der Waals surface area contributed by atoms with Crippen molar-refractivity contribution in [3.05, 3.63) is 0 Å². The number of hydrogen-bond donors (Lipinski definition) is 0. The van der Waals surface area contributed by atoms with Gasteiger partial charge in [-0.2, -0.15) is 0 Å². The monoisotopic (exact) mass is 463 g/mol. The van der Waals surface area contributed by atoms with Gasteiger partial charge < -0.3 is 13.9 Å². The number of unbranched alkanes of at least 4 members (excludes halogenated alkanes) is 10. The average Bonchev–Trinajstić information content (AvgIpc) is 2.45. The topological polar surface area (TPSA) is 58.6 Å². The van der Waals surface area contributed by atoms with Gasteiger partial charge in [0, 0.05) is 40.8 Å². The van der Waals surface area contributed by atoms with Crippen LogP contribution in [0, 0.1) is 40.8 Å². The smallest absolute Gasteiger partial charge is 0.267 e. The first-order valence-electron chi connectivity index (χ1n) is 8.72. The summed E-state index contributed by atoms with van der Waals surface area (Å²) in [5.74, 6) is 0. The van der Waals surface area contributed by atoms with Crippen LogP contribution in [0.4, 0.5) is 0 Å². The van der Waals surface area contributed by atoms with E-state index in [4.69, 9.17) is 9.05 Å². The number of rotatable bonds is 16. The van der Waals surface area contributed by atoms with Crippen molar-refractivity contribution >= 4 is 7.82 Å². The van der Waals surface area contributed by atoms with Crippen LogP contribution < -0.4 is 4.89 Å². The van der Waals surface area contributed by atoms with Gasteiger partial charge in [0.25, 0.3) is 7.82 Å². The summed E-state index contributed by atoms with van der Waals surface area (Å²) in [6, 6.07) is 0. The molecule has 0 saturated heterocycles. The van der Waals surface area contributed by atoms with Crippen molar-refractivity contribution in [3.8, 4) is 0 Å². The van der Waals surface area contributed by atoms with Gasteiger partial charge in [0.05, 0.1) is 13.2 Å². The Labute approximate surface area is 170 Å². The number of phosphoric acid groups is 1. The molecular formula is C16H34NdO4P-. The van der Waals surface area contributed by atoms with E-state index in [1.54, 1.807) is 0 Å². The van der Waals surface area contributed by atoms with Crippen LogP contribution in [-0.4, -0.2) is 13.2 Å². The zero-order chi connectivity index (χ0) is 15.8. The van der Waals surface area contributed by atoms with Gasteiger partial charge in [0.15, 0.2) is 0 Å². The Bertz CT molecular complexity index is 243. The van der Waals surface area contributed by atoms with Crippen molar-refractivity contribution in [2.24, 2.45) is 0 Å². The van der Waals surface area contributed by atoms with Crippen molar-refractivity contribution in [2.45, 2.75) is 90.9 Å². The van der Waals surface area contributed by atoms with Gasteiger partial charge in [-0.05, 0) is 12.8 Å². The Kier molecular flexibility index (Phi) is 22.0. The first kappa shape index (κ1) is 25.7. The van der Waals surface area contributed by atoms with Gasteiger partial charge in [-0.25, -0.2) is 0 Å². The minimum atomic E-state index is -4.07. The molecule has 0 aliphatic heterocycles. The maximum absolute atomic E-state index is 11.5. The van der Waals surface area contributed by atoms with E-state index in [2.05, 4.69) is 13.8 Å². The van der Waals surface area contributed by atoms with Crippen molar-refractivity contribution in [1.82, 2.24) is 0 Å². The Balaban J connectivity index is 0. The second kappa shape index (κ2) is 18.8. The second-order valence-corrected chi connectivity index (χ2v) is 7.06. The van der Waals surface area contributed by atoms with Gasteiger partial charge in [0.2, 0.25) is 0 Å². The molecule has 0 aliphatic carbocycles. The molecule has 0 aromatic carbocycles. The summed E-state index contributed by atoms with van der Waals surface area (Å²) in [5.41, 5.74) is 0. The Hall–Kier alpha value is 1.46.